The van der Waals surface area contributed by atoms with Crippen LogP contribution in [-0.2, 0) is 0 Å². The van der Waals surface area contributed by atoms with Crippen molar-refractivity contribution < 1.29 is 0 Å². The van der Waals surface area contributed by atoms with Crippen LogP contribution >= 0.6 is 0 Å². The standard InChI is InChI=1S/C12H17N/c1-10-8-9-12(13(10)2)11-6-4-3-5-7-11/h3-7,10,12H,8-9H2,1-2H3. The largest absolute Gasteiger partial charge is 0.297 e. The van der Waals surface area contributed by atoms with Gasteiger partial charge in [0, 0.05) is 12.1 Å². The van der Waals surface area contributed by atoms with Gasteiger partial charge in [0.25, 0.3) is 0 Å². The van der Waals surface area contributed by atoms with Gasteiger partial charge in [0.1, 0.15) is 0 Å². The molecule has 13 heavy (non-hydrogen) atoms. The van der Waals surface area contributed by atoms with Crippen molar-refractivity contribution in [3.63, 3.8) is 0 Å². The minimum atomic E-state index is 0.649. The van der Waals surface area contributed by atoms with E-state index < -0.39 is 0 Å². The van der Waals surface area contributed by atoms with E-state index in [1.165, 1.54) is 18.4 Å². The first-order valence-corrected chi connectivity index (χ1v) is 5.06. The third-order valence-electron chi connectivity index (χ3n) is 3.23. The van der Waals surface area contributed by atoms with Gasteiger partial charge >= 0.3 is 0 Å². The van der Waals surface area contributed by atoms with E-state index in [2.05, 4.69) is 49.2 Å². The maximum Gasteiger partial charge on any atom is 0.0348 e. The molecule has 0 aromatic heterocycles. The molecular weight excluding hydrogens is 158 g/mol. The highest BCUT2D eigenvalue weighted by molar-refractivity contribution is 5.20. The van der Waals surface area contributed by atoms with Crippen molar-refractivity contribution in [1.29, 1.82) is 0 Å². The van der Waals surface area contributed by atoms with Crippen LogP contribution in [0.1, 0.15) is 31.4 Å². The fourth-order valence-electron chi connectivity index (χ4n) is 2.19. The molecule has 0 N–H and O–H groups in total. The van der Waals surface area contributed by atoms with E-state index in [1.807, 2.05) is 0 Å². The zero-order chi connectivity index (χ0) is 9.26. The molecule has 0 radical (unpaired) electrons. The van der Waals surface area contributed by atoms with Gasteiger partial charge in [-0.3, -0.25) is 4.90 Å². The topological polar surface area (TPSA) is 3.24 Å². The summed E-state index contributed by atoms with van der Waals surface area (Å²) in [5.74, 6) is 0. The molecule has 1 heteroatoms. The van der Waals surface area contributed by atoms with Crippen LogP contribution in [0.3, 0.4) is 0 Å². The molecule has 70 valence electrons. The molecule has 1 fully saturated rings. The molecule has 0 saturated carbocycles. The van der Waals surface area contributed by atoms with Crippen molar-refractivity contribution >= 4 is 0 Å². The van der Waals surface area contributed by atoms with E-state index in [1.54, 1.807) is 0 Å². The summed E-state index contributed by atoms with van der Waals surface area (Å²) in [5, 5.41) is 0. The van der Waals surface area contributed by atoms with Crippen LogP contribution in [0.5, 0.6) is 0 Å². The molecule has 0 spiro atoms. The summed E-state index contributed by atoms with van der Waals surface area (Å²) in [5.41, 5.74) is 1.47. The first-order chi connectivity index (χ1) is 6.29. The minimum absolute atomic E-state index is 0.649. The van der Waals surface area contributed by atoms with Crippen LogP contribution in [0.15, 0.2) is 30.3 Å². The number of nitrogens with zero attached hydrogens (tertiary/aromatic N) is 1. The first-order valence-electron chi connectivity index (χ1n) is 5.06. The van der Waals surface area contributed by atoms with E-state index in [0.29, 0.717) is 6.04 Å². The van der Waals surface area contributed by atoms with Crippen molar-refractivity contribution in [1.82, 2.24) is 4.90 Å². The monoisotopic (exact) mass is 175 g/mol. The second-order valence-corrected chi connectivity index (χ2v) is 4.02. The summed E-state index contributed by atoms with van der Waals surface area (Å²) in [6.07, 6.45) is 2.64. The molecule has 2 atom stereocenters. The predicted molar refractivity (Wildman–Crippen MR) is 55.6 cm³/mol. The summed E-state index contributed by atoms with van der Waals surface area (Å²) >= 11 is 0. The lowest BCUT2D eigenvalue weighted by Gasteiger charge is -2.23. The average molecular weight is 175 g/mol. The Hall–Kier alpha value is -0.820. The molecule has 1 nitrogen and oxygen atoms in total. The zero-order valence-corrected chi connectivity index (χ0v) is 8.40. The van der Waals surface area contributed by atoms with E-state index in [0.717, 1.165) is 6.04 Å². The van der Waals surface area contributed by atoms with Gasteiger partial charge in [0.15, 0.2) is 0 Å². The fourth-order valence-corrected chi connectivity index (χ4v) is 2.19. The highest BCUT2D eigenvalue weighted by Crippen LogP contribution is 2.33. The molecule has 2 unspecified atom stereocenters. The lowest BCUT2D eigenvalue weighted by molar-refractivity contribution is 0.256. The highest BCUT2D eigenvalue weighted by Gasteiger charge is 2.27. The van der Waals surface area contributed by atoms with Gasteiger partial charge in [-0.05, 0) is 32.4 Å². The number of benzene rings is 1. The second-order valence-electron chi connectivity index (χ2n) is 4.02. The van der Waals surface area contributed by atoms with Crippen LogP contribution in [0.2, 0.25) is 0 Å². The van der Waals surface area contributed by atoms with Gasteiger partial charge in [-0.1, -0.05) is 30.3 Å². The maximum atomic E-state index is 2.48. The molecule has 0 aliphatic carbocycles. The Morgan fingerprint density at radius 3 is 2.38 bits per heavy atom. The Balaban J connectivity index is 2.19. The molecule has 1 heterocycles. The van der Waals surface area contributed by atoms with Crippen LogP contribution in [0, 0.1) is 0 Å². The zero-order valence-electron chi connectivity index (χ0n) is 8.40. The van der Waals surface area contributed by atoms with Crippen LogP contribution in [0.4, 0.5) is 0 Å². The van der Waals surface area contributed by atoms with Crippen molar-refractivity contribution in [2.45, 2.75) is 31.8 Å². The maximum absolute atomic E-state index is 2.48. The Bertz CT molecular complexity index is 268. The molecule has 0 amide bonds. The normalized spacial score (nSPS) is 29.4. The summed E-state index contributed by atoms with van der Waals surface area (Å²) in [7, 11) is 2.23. The number of hydrogen-bond acceptors (Lipinski definition) is 1. The molecule has 2 rings (SSSR count). The smallest absolute Gasteiger partial charge is 0.0348 e. The second kappa shape index (κ2) is 3.51. The van der Waals surface area contributed by atoms with E-state index in [9.17, 15) is 0 Å². The van der Waals surface area contributed by atoms with Crippen molar-refractivity contribution in [2.24, 2.45) is 0 Å². The lowest BCUT2D eigenvalue weighted by atomic mass is 10.1. The Labute approximate surface area is 80.4 Å². The Kier molecular flexibility index (Phi) is 2.36. The Morgan fingerprint density at radius 2 is 1.85 bits per heavy atom. The van der Waals surface area contributed by atoms with Crippen LogP contribution in [0.25, 0.3) is 0 Å². The molecule has 1 aliphatic rings. The van der Waals surface area contributed by atoms with Gasteiger partial charge in [-0.25, -0.2) is 0 Å². The summed E-state index contributed by atoms with van der Waals surface area (Å²) < 4.78 is 0. The van der Waals surface area contributed by atoms with Gasteiger partial charge in [-0.2, -0.15) is 0 Å². The summed E-state index contributed by atoms with van der Waals surface area (Å²) in [6, 6.07) is 12.2. The van der Waals surface area contributed by atoms with Gasteiger partial charge in [0.05, 0.1) is 0 Å². The van der Waals surface area contributed by atoms with Crippen LogP contribution in [-0.4, -0.2) is 18.0 Å². The highest BCUT2D eigenvalue weighted by atomic mass is 15.2. The first kappa shape index (κ1) is 8.76. The average Bonchev–Trinajstić information content (AvgIpc) is 2.49. The number of rotatable bonds is 1. The molecule has 1 aromatic carbocycles. The minimum Gasteiger partial charge on any atom is -0.297 e. The molecular formula is C12H17N. The molecule has 1 aromatic rings. The number of hydrogen-bond donors (Lipinski definition) is 0. The Morgan fingerprint density at radius 1 is 1.15 bits per heavy atom. The van der Waals surface area contributed by atoms with Gasteiger partial charge < -0.3 is 0 Å². The van der Waals surface area contributed by atoms with E-state index >= 15 is 0 Å². The molecule has 1 saturated heterocycles. The third-order valence-corrected chi connectivity index (χ3v) is 3.23. The third kappa shape index (κ3) is 1.61. The summed E-state index contributed by atoms with van der Waals surface area (Å²) in [4.78, 5) is 2.48. The molecule has 1 aliphatic heterocycles. The van der Waals surface area contributed by atoms with Gasteiger partial charge in [0.2, 0.25) is 0 Å². The van der Waals surface area contributed by atoms with Crippen molar-refractivity contribution in [3.05, 3.63) is 35.9 Å². The fraction of sp³-hybridized carbons (Fsp3) is 0.500. The predicted octanol–water partition coefficient (Wildman–Crippen LogP) is 2.84. The lowest BCUT2D eigenvalue weighted by Crippen LogP contribution is -2.24. The van der Waals surface area contributed by atoms with Crippen molar-refractivity contribution in [2.75, 3.05) is 7.05 Å². The number of likely N-dealkylation sites (tertiary alicyclic amines) is 1. The van der Waals surface area contributed by atoms with Crippen LogP contribution < -0.4 is 0 Å². The summed E-state index contributed by atoms with van der Waals surface area (Å²) in [6.45, 7) is 2.31. The van der Waals surface area contributed by atoms with Crippen molar-refractivity contribution in [3.8, 4) is 0 Å². The molecule has 0 bridgehead atoms. The van der Waals surface area contributed by atoms with E-state index in [4.69, 9.17) is 0 Å². The SMILES string of the molecule is CC1CCC(c2ccccc2)N1C. The van der Waals surface area contributed by atoms with Gasteiger partial charge in [-0.15, -0.1) is 0 Å². The quantitative estimate of drug-likeness (QED) is 0.634. The van der Waals surface area contributed by atoms with E-state index in [-0.39, 0.29) is 0 Å².